The number of sulfonamides is 1. The Hall–Kier alpha value is -4.89. The lowest BCUT2D eigenvalue weighted by Crippen LogP contribution is -2.66. The second-order valence-corrected chi connectivity index (χ2v) is 19.8. The molecule has 2 saturated carbocycles. The maximum Gasteiger partial charge on any atom is 0.438 e. The number of fused-ring (bicyclic) bond motifs is 3. The lowest BCUT2D eigenvalue weighted by molar-refractivity contribution is -0.222. The van der Waals surface area contributed by atoms with Gasteiger partial charge in [0.15, 0.2) is 0 Å². The molecule has 4 amide bonds. The fourth-order valence-corrected chi connectivity index (χ4v) is 9.60. The second-order valence-electron chi connectivity index (χ2n) is 17.6. The van der Waals surface area contributed by atoms with Crippen molar-refractivity contribution in [2.75, 3.05) is 13.2 Å². The van der Waals surface area contributed by atoms with Gasteiger partial charge < -0.3 is 24.8 Å². The summed E-state index contributed by atoms with van der Waals surface area (Å²) < 4.78 is 126. The van der Waals surface area contributed by atoms with Gasteiger partial charge >= 0.3 is 18.4 Å². The van der Waals surface area contributed by atoms with Crippen LogP contribution in [0, 0.1) is 17.8 Å². The maximum atomic E-state index is 15.0. The van der Waals surface area contributed by atoms with Crippen molar-refractivity contribution in [2.45, 2.75) is 133 Å². The molecule has 0 radical (unpaired) electrons. The Bertz CT molecular complexity index is 2250. The minimum atomic E-state index is -5.21. The molecule has 4 aliphatic rings. The van der Waals surface area contributed by atoms with Crippen molar-refractivity contribution in [3.05, 3.63) is 36.0 Å². The van der Waals surface area contributed by atoms with E-state index in [0.29, 0.717) is 26.7 Å². The minimum absolute atomic E-state index is 0.00440. The highest BCUT2D eigenvalue weighted by Crippen LogP contribution is 2.48. The topological polar surface area (TPSA) is 197 Å². The Balaban J connectivity index is 1.45. The van der Waals surface area contributed by atoms with Gasteiger partial charge in [-0.05, 0) is 90.2 Å². The molecule has 3 heterocycles. The number of carbonyl (C=O) groups excluding carboxylic acids is 3. The van der Waals surface area contributed by atoms with E-state index in [9.17, 15) is 59.0 Å². The average molecular weight is 905 g/mol. The summed E-state index contributed by atoms with van der Waals surface area (Å²) in [4.78, 5) is 64.9. The monoisotopic (exact) mass is 904 g/mol. The first kappa shape index (κ1) is 46.6. The van der Waals surface area contributed by atoms with Crippen molar-refractivity contribution in [1.29, 1.82) is 0 Å². The van der Waals surface area contributed by atoms with Gasteiger partial charge in [0.2, 0.25) is 33.4 Å². The first-order valence-corrected chi connectivity index (χ1v) is 21.8. The van der Waals surface area contributed by atoms with Crippen LogP contribution in [0.5, 0.6) is 11.6 Å². The van der Waals surface area contributed by atoms with E-state index in [1.165, 1.54) is 32.0 Å². The van der Waals surface area contributed by atoms with Crippen LogP contribution in [0.15, 0.2) is 30.4 Å². The molecule has 1 aromatic carbocycles. The molecule has 0 bridgehead atoms. The highest BCUT2D eigenvalue weighted by Gasteiger charge is 2.64. The number of alkyl halides is 6. The Morgan fingerprint density at radius 3 is 2.34 bits per heavy atom. The molecular formula is C40H50F6N6O9S. The van der Waals surface area contributed by atoms with Gasteiger partial charge in [-0.25, -0.2) is 23.2 Å². The third-order valence-electron chi connectivity index (χ3n) is 12.4. The predicted octanol–water partition coefficient (Wildman–Crippen LogP) is 5.97. The van der Waals surface area contributed by atoms with Crippen LogP contribution in [0.4, 0.5) is 31.1 Å². The van der Waals surface area contributed by atoms with E-state index in [2.05, 4.69) is 20.0 Å². The lowest BCUT2D eigenvalue weighted by atomic mass is 9.85. The van der Waals surface area contributed by atoms with E-state index in [1.807, 2.05) is 0 Å². The van der Waals surface area contributed by atoms with Crippen LogP contribution in [0.2, 0.25) is 0 Å². The van der Waals surface area contributed by atoms with Crippen LogP contribution in [-0.4, -0.2) is 110 Å². The van der Waals surface area contributed by atoms with Crippen LogP contribution >= 0.6 is 0 Å². The van der Waals surface area contributed by atoms with E-state index < -0.39 is 117 Å². The molecule has 2 aromatic rings. The van der Waals surface area contributed by atoms with E-state index in [0.717, 1.165) is 4.90 Å². The highest BCUT2D eigenvalue weighted by molar-refractivity contribution is 7.91. The third-order valence-corrected chi connectivity index (χ3v) is 14.6. The third kappa shape index (κ3) is 8.97. The molecule has 62 heavy (non-hydrogen) atoms. The number of aromatic nitrogens is 2. The number of hydrogen-bond donors (Lipinski definition) is 3. The van der Waals surface area contributed by atoms with Gasteiger partial charge in [0.25, 0.3) is 5.91 Å². The van der Waals surface area contributed by atoms with Crippen LogP contribution in [0.1, 0.15) is 92.2 Å². The van der Waals surface area contributed by atoms with Crippen molar-refractivity contribution < 1.29 is 68.5 Å². The van der Waals surface area contributed by atoms with E-state index >= 15 is 0 Å². The first-order valence-electron chi connectivity index (χ1n) is 20.3. The minimum Gasteiger partial charge on any atom is -0.494 e. The van der Waals surface area contributed by atoms with Gasteiger partial charge in [0.05, 0.1) is 28.9 Å². The zero-order chi connectivity index (χ0) is 46.0. The smallest absolute Gasteiger partial charge is 0.438 e. The molecule has 6 rings (SSSR count). The van der Waals surface area contributed by atoms with Crippen molar-refractivity contribution in [3.8, 4) is 11.6 Å². The van der Waals surface area contributed by atoms with E-state index in [4.69, 9.17) is 9.47 Å². The van der Waals surface area contributed by atoms with Gasteiger partial charge in [-0.3, -0.25) is 24.0 Å². The second kappa shape index (κ2) is 16.3. The number of nitrogens with one attached hydrogen (secondary N) is 2. The van der Waals surface area contributed by atoms with Crippen LogP contribution in [0.25, 0.3) is 11.0 Å². The normalized spacial score (nSPS) is 28.7. The first-order chi connectivity index (χ1) is 28.7. The zero-order valence-electron chi connectivity index (χ0n) is 34.9. The SMILES string of the molecule is CCOc1ccc2nc(C(F)(F)F)c(O[C@@H]3C[C@H]4C(=O)N[C@]5(C(=O)NS(=O)(=O)C6(C)CC6)C[C@H]5/C=C\CC[C@@H](C)C[C@@H](C)[C@H](N(C(=O)O)C(C)(C)C(F)(F)F)C(=O)N4C3)nc2c1. The molecule has 1 aromatic heterocycles. The number of amides is 4. The van der Waals surface area contributed by atoms with Crippen molar-refractivity contribution in [3.63, 3.8) is 0 Å². The number of allylic oxidation sites excluding steroid dienone is 1. The lowest BCUT2D eigenvalue weighted by Gasteiger charge is -2.45. The van der Waals surface area contributed by atoms with Crippen LogP contribution < -0.4 is 19.5 Å². The molecule has 15 nitrogen and oxygen atoms in total. The van der Waals surface area contributed by atoms with Crippen LogP contribution in [0.3, 0.4) is 0 Å². The Labute approximate surface area is 354 Å². The molecule has 3 fully saturated rings. The molecule has 7 atom stereocenters. The quantitative estimate of drug-likeness (QED) is 0.198. The number of nitrogens with zero attached hydrogens (tertiary/aromatic N) is 4. The fourth-order valence-electron chi connectivity index (χ4n) is 8.28. The van der Waals surface area contributed by atoms with Gasteiger partial charge in [0, 0.05) is 18.4 Å². The molecule has 3 N–H and O–H groups in total. The van der Waals surface area contributed by atoms with Gasteiger partial charge in [-0.1, -0.05) is 26.0 Å². The Kier molecular flexibility index (Phi) is 12.3. The average Bonchev–Trinajstić information content (AvgIpc) is 4.03. The van der Waals surface area contributed by atoms with Crippen molar-refractivity contribution >= 4 is 44.9 Å². The van der Waals surface area contributed by atoms with Gasteiger partial charge in [-0.2, -0.15) is 26.3 Å². The summed E-state index contributed by atoms with van der Waals surface area (Å²) >= 11 is 0. The molecule has 0 spiro atoms. The molecule has 1 saturated heterocycles. The standard InChI is InChI=1S/C40H50F6N6O9S/c1-7-60-24-12-13-26-27(17-24)48-32(30(47-26)39(41,42)43)61-25-18-28-31(53)49-38(34(55)50-62(58,59)37(6)14-15-37)19-23(38)11-9-8-10-21(2)16-22(3)29(33(54)51(28)20-25)52(35(56)57)36(4,5)40(44,45)46/h9,11-13,17,21-23,25,28-29H,7-8,10,14-16,18-20H2,1-6H3,(H,49,53)(H,50,55)(H,56,57)/b11-9-/t21-,22-,23-,25-,28+,29+,38-/m1/s1. The Morgan fingerprint density at radius 1 is 1.06 bits per heavy atom. The fraction of sp³-hybridized carbons (Fsp3) is 0.650. The Morgan fingerprint density at radius 2 is 1.74 bits per heavy atom. The highest BCUT2D eigenvalue weighted by atomic mass is 32.2. The van der Waals surface area contributed by atoms with Crippen LogP contribution in [-0.2, 0) is 30.6 Å². The summed E-state index contributed by atoms with van der Waals surface area (Å²) in [7, 11) is -4.23. The summed E-state index contributed by atoms with van der Waals surface area (Å²) in [6, 6.07) is 0.0811. The molecule has 22 heteroatoms. The summed E-state index contributed by atoms with van der Waals surface area (Å²) in [6.07, 6.45) is -9.96. The summed E-state index contributed by atoms with van der Waals surface area (Å²) in [5.41, 5.74) is -6.87. The molecular weight excluding hydrogens is 855 g/mol. The van der Waals surface area contributed by atoms with E-state index in [-0.39, 0.29) is 59.9 Å². The summed E-state index contributed by atoms with van der Waals surface area (Å²) in [6.45, 7) is 6.93. The number of rotatable bonds is 9. The largest absolute Gasteiger partial charge is 0.494 e. The van der Waals surface area contributed by atoms with Gasteiger partial charge in [-0.15, -0.1) is 0 Å². The molecule has 0 unspecified atom stereocenters. The molecule has 2 aliphatic carbocycles. The van der Waals surface area contributed by atoms with E-state index in [1.54, 1.807) is 26.0 Å². The maximum absolute atomic E-state index is 15.0. The number of ether oxygens (including phenoxy) is 2. The molecule has 342 valence electrons. The van der Waals surface area contributed by atoms with Crippen molar-refractivity contribution in [1.82, 2.24) is 29.8 Å². The molecule has 2 aliphatic heterocycles. The van der Waals surface area contributed by atoms with Gasteiger partial charge in [0.1, 0.15) is 35.0 Å². The number of carboxylic acid groups (broad SMARTS) is 1. The number of carbonyl (C=O) groups is 4. The van der Waals surface area contributed by atoms with Crippen molar-refractivity contribution in [2.24, 2.45) is 17.8 Å². The number of halogens is 6. The summed E-state index contributed by atoms with van der Waals surface area (Å²) in [5, 5.41) is 13.0. The zero-order valence-corrected chi connectivity index (χ0v) is 35.7. The number of benzene rings is 1. The summed E-state index contributed by atoms with van der Waals surface area (Å²) in [5.74, 6) is -6.42. The predicted molar refractivity (Wildman–Crippen MR) is 209 cm³/mol. The number of hydrogen-bond acceptors (Lipinski definition) is 10.